The van der Waals surface area contributed by atoms with Crippen molar-refractivity contribution in [3.63, 3.8) is 0 Å². The Morgan fingerprint density at radius 2 is 2.29 bits per heavy atom. The minimum atomic E-state index is -0.807. The van der Waals surface area contributed by atoms with Crippen molar-refractivity contribution in [3.05, 3.63) is 28.7 Å². The number of oxazole rings is 1. The van der Waals surface area contributed by atoms with Gasteiger partial charge in [0.2, 0.25) is 0 Å². The predicted molar refractivity (Wildman–Crippen MR) is 62.2 cm³/mol. The van der Waals surface area contributed by atoms with Crippen LogP contribution < -0.4 is 11.1 Å². The summed E-state index contributed by atoms with van der Waals surface area (Å²) in [5, 5.41) is 11.5. The molecular weight excluding hydrogens is 224 g/mol. The van der Waals surface area contributed by atoms with Crippen LogP contribution in [0.25, 0.3) is 11.1 Å². The third-order valence-corrected chi connectivity index (χ3v) is 2.32. The van der Waals surface area contributed by atoms with E-state index in [9.17, 15) is 9.59 Å². The third-order valence-electron chi connectivity index (χ3n) is 2.32. The van der Waals surface area contributed by atoms with Crippen molar-refractivity contribution in [2.24, 2.45) is 0 Å². The molecule has 0 fully saturated rings. The van der Waals surface area contributed by atoms with Crippen molar-refractivity contribution in [2.45, 2.75) is 12.8 Å². The Bertz CT molecular complexity index is 584. The number of aliphatic carboxylic acids is 1. The summed E-state index contributed by atoms with van der Waals surface area (Å²) < 4.78 is 4.91. The molecule has 1 aromatic carbocycles. The standard InChI is InChI=1S/C11H12N2O4/c14-10(15)2-1-5-12-7-3-4-8-9(6-7)17-11(16)13-8/h3-4,6,12H,1-2,5H2,(H,13,16)(H,14,15). The van der Waals surface area contributed by atoms with E-state index < -0.39 is 11.7 Å². The van der Waals surface area contributed by atoms with E-state index in [0.717, 1.165) is 5.69 Å². The predicted octanol–water partition coefficient (Wildman–Crippen LogP) is 1.40. The van der Waals surface area contributed by atoms with Crippen molar-refractivity contribution in [1.29, 1.82) is 0 Å². The highest BCUT2D eigenvalue weighted by Gasteiger charge is 2.02. The van der Waals surface area contributed by atoms with E-state index >= 15 is 0 Å². The highest BCUT2D eigenvalue weighted by Crippen LogP contribution is 2.16. The van der Waals surface area contributed by atoms with E-state index in [0.29, 0.717) is 24.1 Å². The summed E-state index contributed by atoms with van der Waals surface area (Å²) in [6.45, 7) is 0.562. The highest BCUT2D eigenvalue weighted by molar-refractivity contribution is 5.76. The molecule has 0 amide bonds. The number of anilines is 1. The number of carboxylic acids is 1. The van der Waals surface area contributed by atoms with Gasteiger partial charge in [-0.15, -0.1) is 0 Å². The summed E-state index contributed by atoms with van der Waals surface area (Å²) in [6, 6.07) is 5.24. The molecule has 1 aromatic heterocycles. The van der Waals surface area contributed by atoms with E-state index in [1.807, 2.05) is 0 Å². The SMILES string of the molecule is O=C(O)CCCNc1ccc2[nH]c(=O)oc2c1. The summed E-state index contributed by atoms with van der Waals surface area (Å²) in [5.41, 5.74) is 1.93. The first-order chi connectivity index (χ1) is 8.15. The van der Waals surface area contributed by atoms with E-state index in [2.05, 4.69) is 10.3 Å². The zero-order chi connectivity index (χ0) is 12.3. The smallest absolute Gasteiger partial charge is 0.417 e. The van der Waals surface area contributed by atoms with E-state index in [1.54, 1.807) is 18.2 Å². The summed E-state index contributed by atoms with van der Waals surface area (Å²) >= 11 is 0. The highest BCUT2D eigenvalue weighted by atomic mass is 16.4. The van der Waals surface area contributed by atoms with E-state index in [1.165, 1.54) is 0 Å². The molecule has 0 bridgehead atoms. The average molecular weight is 236 g/mol. The number of hydrogen-bond acceptors (Lipinski definition) is 4. The Balaban J connectivity index is 1.99. The minimum absolute atomic E-state index is 0.133. The Morgan fingerprint density at radius 1 is 1.47 bits per heavy atom. The van der Waals surface area contributed by atoms with Crippen LogP contribution in [0.4, 0.5) is 5.69 Å². The number of fused-ring (bicyclic) bond motifs is 1. The summed E-state index contributed by atoms with van der Waals surface area (Å²) in [6.07, 6.45) is 0.680. The molecule has 90 valence electrons. The number of benzene rings is 1. The van der Waals surface area contributed by atoms with Crippen molar-refractivity contribution in [2.75, 3.05) is 11.9 Å². The van der Waals surface area contributed by atoms with E-state index in [4.69, 9.17) is 9.52 Å². The lowest BCUT2D eigenvalue weighted by molar-refractivity contribution is -0.137. The Hall–Kier alpha value is -2.24. The number of H-pyrrole nitrogens is 1. The van der Waals surface area contributed by atoms with Crippen molar-refractivity contribution < 1.29 is 14.3 Å². The largest absolute Gasteiger partial charge is 0.481 e. The van der Waals surface area contributed by atoms with Gasteiger partial charge in [0.25, 0.3) is 0 Å². The first kappa shape index (κ1) is 11.3. The number of aromatic nitrogens is 1. The molecule has 0 aliphatic heterocycles. The third kappa shape index (κ3) is 2.87. The maximum atomic E-state index is 10.9. The summed E-state index contributed by atoms with van der Waals surface area (Å²) in [7, 11) is 0. The molecule has 0 atom stereocenters. The molecule has 0 aliphatic carbocycles. The second kappa shape index (κ2) is 4.73. The molecule has 0 unspecified atom stereocenters. The van der Waals surface area contributed by atoms with Gasteiger partial charge in [-0.3, -0.25) is 9.78 Å². The molecule has 3 N–H and O–H groups in total. The minimum Gasteiger partial charge on any atom is -0.481 e. The maximum Gasteiger partial charge on any atom is 0.417 e. The number of aromatic amines is 1. The normalized spacial score (nSPS) is 10.6. The number of hydrogen-bond donors (Lipinski definition) is 3. The average Bonchev–Trinajstić information content (AvgIpc) is 2.63. The first-order valence-corrected chi connectivity index (χ1v) is 5.24. The van der Waals surface area contributed by atoms with Crippen LogP contribution in [0.3, 0.4) is 0 Å². The second-order valence-electron chi connectivity index (χ2n) is 3.65. The van der Waals surface area contributed by atoms with Crippen molar-refractivity contribution in [3.8, 4) is 0 Å². The first-order valence-electron chi connectivity index (χ1n) is 5.24. The monoisotopic (exact) mass is 236 g/mol. The molecule has 0 spiro atoms. The fraction of sp³-hybridized carbons (Fsp3) is 0.273. The van der Waals surface area contributed by atoms with Crippen LogP contribution in [-0.4, -0.2) is 22.6 Å². The number of rotatable bonds is 5. The van der Waals surface area contributed by atoms with Gasteiger partial charge in [-0.2, -0.15) is 0 Å². The van der Waals surface area contributed by atoms with Crippen LogP contribution in [0.15, 0.2) is 27.4 Å². The maximum absolute atomic E-state index is 10.9. The number of carbonyl (C=O) groups is 1. The van der Waals surface area contributed by atoms with Gasteiger partial charge in [-0.25, -0.2) is 4.79 Å². The van der Waals surface area contributed by atoms with Crippen LogP contribution in [0.5, 0.6) is 0 Å². The van der Waals surface area contributed by atoms with Gasteiger partial charge in [-0.1, -0.05) is 0 Å². The van der Waals surface area contributed by atoms with Crippen molar-refractivity contribution >= 4 is 22.8 Å². The molecule has 0 saturated heterocycles. The van der Waals surface area contributed by atoms with Crippen LogP contribution in [0, 0.1) is 0 Å². The zero-order valence-electron chi connectivity index (χ0n) is 9.03. The number of nitrogens with one attached hydrogen (secondary N) is 2. The lowest BCUT2D eigenvalue weighted by Crippen LogP contribution is -2.04. The Labute approximate surface area is 96.3 Å². The topological polar surface area (TPSA) is 95.3 Å². The lowest BCUT2D eigenvalue weighted by Gasteiger charge is -2.04. The Kier molecular flexibility index (Phi) is 3.13. The van der Waals surface area contributed by atoms with Gasteiger partial charge in [0.1, 0.15) is 0 Å². The van der Waals surface area contributed by atoms with Gasteiger partial charge in [-0.05, 0) is 18.6 Å². The van der Waals surface area contributed by atoms with Gasteiger partial charge >= 0.3 is 11.7 Å². The molecule has 0 saturated carbocycles. The fourth-order valence-corrected chi connectivity index (χ4v) is 1.53. The van der Waals surface area contributed by atoms with Crippen molar-refractivity contribution in [1.82, 2.24) is 4.98 Å². The van der Waals surface area contributed by atoms with Gasteiger partial charge in [0, 0.05) is 24.7 Å². The van der Waals surface area contributed by atoms with Gasteiger partial charge in [0.05, 0.1) is 5.52 Å². The molecule has 2 rings (SSSR count). The second-order valence-corrected chi connectivity index (χ2v) is 3.65. The van der Waals surface area contributed by atoms with Gasteiger partial charge < -0.3 is 14.8 Å². The van der Waals surface area contributed by atoms with Crippen LogP contribution in [0.2, 0.25) is 0 Å². The van der Waals surface area contributed by atoms with Crippen LogP contribution >= 0.6 is 0 Å². The molecule has 17 heavy (non-hydrogen) atoms. The van der Waals surface area contributed by atoms with Gasteiger partial charge in [0.15, 0.2) is 5.58 Å². The molecule has 6 heteroatoms. The number of carboxylic acid groups (broad SMARTS) is 1. The quantitative estimate of drug-likeness (QED) is 0.682. The molecule has 1 heterocycles. The summed E-state index contributed by atoms with van der Waals surface area (Å²) in [5.74, 6) is -1.29. The summed E-state index contributed by atoms with van der Waals surface area (Å²) in [4.78, 5) is 23.8. The molecule has 0 radical (unpaired) electrons. The lowest BCUT2D eigenvalue weighted by atomic mass is 10.2. The van der Waals surface area contributed by atoms with Crippen LogP contribution in [-0.2, 0) is 4.79 Å². The molecular formula is C11H12N2O4. The van der Waals surface area contributed by atoms with E-state index in [-0.39, 0.29) is 6.42 Å². The molecule has 6 nitrogen and oxygen atoms in total. The fourth-order valence-electron chi connectivity index (χ4n) is 1.53. The zero-order valence-corrected chi connectivity index (χ0v) is 9.03. The Morgan fingerprint density at radius 3 is 3.06 bits per heavy atom. The van der Waals surface area contributed by atoms with Crippen LogP contribution in [0.1, 0.15) is 12.8 Å². The molecule has 2 aromatic rings. The molecule has 0 aliphatic rings.